The predicted octanol–water partition coefficient (Wildman–Crippen LogP) is 1.10. The average Bonchev–Trinajstić information content (AvgIpc) is 2.35. The summed E-state index contributed by atoms with van der Waals surface area (Å²) in [4.78, 5) is 23.5. The number of nitrogens with one attached hydrogen (secondary N) is 1. The summed E-state index contributed by atoms with van der Waals surface area (Å²) in [5.41, 5.74) is 0.0957. The van der Waals surface area contributed by atoms with Gasteiger partial charge in [-0.15, -0.1) is 0 Å². The molecule has 0 atom stereocenters. The molecule has 1 aromatic carbocycles. The van der Waals surface area contributed by atoms with Gasteiger partial charge in [-0.1, -0.05) is 0 Å². The first-order chi connectivity index (χ1) is 8.49. The third kappa shape index (κ3) is 3.19. The maximum Gasteiger partial charge on any atom is 0.335 e. The van der Waals surface area contributed by atoms with Crippen LogP contribution in [0.25, 0.3) is 0 Å². The number of rotatable bonds is 5. The number of carbonyl (C=O) groups excluding carboxylic acids is 1. The molecule has 0 aliphatic rings. The molecule has 0 bridgehead atoms. The van der Waals surface area contributed by atoms with Crippen LogP contribution in [-0.2, 0) is 4.79 Å². The number of carboxylic acid groups (broad SMARTS) is 1. The van der Waals surface area contributed by atoms with Crippen LogP contribution in [-0.4, -0.2) is 37.1 Å². The fourth-order valence-corrected chi connectivity index (χ4v) is 1.52. The van der Waals surface area contributed by atoms with Gasteiger partial charge in [0.05, 0.1) is 17.8 Å². The van der Waals surface area contributed by atoms with Gasteiger partial charge in [0.1, 0.15) is 5.82 Å². The Morgan fingerprint density at radius 3 is 2.56 bits per heavy atom. The molecule has 98 valence electrons. The summed E-state index contributed by atoms with van der Waals surface area (Å²) >= 11 is 0. The van der Waals surface area contributed by atoms with Gasteiger partial charge < -0.3 is 15.3 Å². The number of halogens is 1. The van der Waals surface area contributed by atoms with Crippen LogP contribution >= 0.6 is 0 Å². The van der Waals surface area contributed by atoms with Gasteiger partial charge >= 0.3 is 5.97 Å². The Labute approximate surface area is 104 Å². The molecule has 0 heterocycles. The zero-order valence-corrected chi connectivity index (χ0v) is 10.2. The normalized spacial score (nSPS) is 9.94. The summed E-state index contributed by atoms with van der Waals surface area (Å²) in [5.74, 6) is -2.07. The number of aromatic carboxylic acids is 1. The Balaban J connectivity index is 3.00. The molecule has 5 nitrogen and oxygen atoms in total. The molecule has 0 spiro atoms. The minimum absolute atomic E-state index is 0.0241. The van der Waals surface area contributed by atoms with Crippen LogP contribution in [0.2, 0.25) is 0 Å². The van der Waals surface area contributed by atoms with Gasteiger partial charge in [-0.05, 0) is 25.1 Å². The highest BCUT2D eigenvalue weighted by atomic mass is 19.1. The van der Waals surface area contributed by atoms with E-state index in [1.807, 2.05) is 0 Å². The first-order valence-corrected chi connectivity index (χ1v) is 5.48. The molecule has 0 saturated heterocycles. The second kappa shape index (κ2) is 6.00. The van der Waals surface area contributed by atoms with Gasteiger partial charge in [-0.2, -0.15) is 0 Å². The Kier molecular flexibility index (Phi) is 4.65. The zero-order valence-electron chi connectivity index (χ0n) is 10.2. The second-order valence-electron chi connectivity index (χ2n) is 3.66. The monoisotopic (exact) mass is 254 g/mol. The van der Waals surface area contributed by atoms with Gasteiger partial charge in [0.25, 0.3) is 0 Å². The first-order valence-electron chi connectivity index (χ1n) is 5.48. The minimum atomic E-state index is -1.19. The topological polar surface area (TPSA) is 69.6 Å². The Hall–Kier alpha value is -2.11. The van der Waals surface area contributed by atoms with E-state index >= 15 is 0 Å². The molecular weight excluding hydrogens is 239 g/mol. The summed E-state index contributed by atoms with van der Waals surface area (Å²) in [6, 6.07) is 3.63. The minimum Gasteiger partial charge on any atom is -0.478 e. The first kappa shape index (κ1) is 14.0. The molecule has 1 rings (SSSR count). The number of carboxylic acids is 1. The van der Waals surface area contributed by atoms with E-state index in [-0.39, 0.29) is 23.7 Å². The van der Waals surface area contributed by atoms with Crippen LogP contribution in [0.3, 0.4) is 0 Å². The molecular formula is C12H15FN2O3. The van der Waals surface area contributed by atoms with Crippen LogP contribution < -0.4 is 10.2 Å². The van der Waals surface area contributed by atoms with Crippen molar-refractivity contribution in [2.45, 2.75) is 6.92 Å². The zero-order chi connectivity index (χ0) is 13.7. The summed E-state index contributed by atoms with van der Waals surface area (Å²) < 4.78 is 13.8. The average molecular weight is 254 g/mol. The van der Waals surface area contributed by atoms with Crippen molar-refractivity contribution in [1.82, 2.24) is 5.32 Å². The Morgan fingerprint density at radius 2 is 2.11 bits per heavy atom. The fourth-order valence-electron chi connectivity index (χ4n) is 1.52. The standard InChI is InChI=1S/C12H15FN2O3/c1-3-15(7-11(16)14-2)10-5-4-8(12(17)18)6-9(10)13/h4-6H,3,7H2,1-2H3,(H,14,16)(H,17,18). The van der Waals surface area contributed by atoms with Crippen molar-refractivity contribution in [3.05, 3.63) is 29.6 Å². The lowest BCUT2D eigenvalue weighted by atomic mass is 10.2. The van der Waals surface area contributed by atoms with Crippen molar-refractivity contribution in [1.29, 1.82) is 0 Å². The number of carbonyl (C=O) groups is 2. The SMILES string of the molecule is CCN(CC(=O)NC)c1ccc(C(=O)O)cc1F. The van der Waals surface area contributed by atoms with Crippen LogP contribution in [0, 0.1) is 5.82 Å². The number of amides is 1. The van der Waals surface area contributed by atoms with Crippen molar-refractivity contribution in [2.75, 3.05) is 25.0 Å². The van der Waals surface area contributed by atoms with Crippen LogP contribution in [0.15, 0.2) is 18.2 Å². The van der Waals surface area contributed by atoms with Crippen LogP contribution in [0.4, 0.5) is 10.1 Å². The van der Waals surface area contributed by atoms with E-state index in [0.29, 0.717) is 6.54 Å². The quantitative estimate of drug-likeness (QED) is 0.825. The molecule has 0 saturated carbocycles. The highest BCUT2D eigenvalue weighted by Gasteiger charge is 2.15. The summed E-state index contributed by atoms with van der Waals surface area (Å²) in [5, 5.41) is 11.2. The molecule has 6 heteroatoms. The molecule has 0 aliphatic heterocycles. The number of anilines is 1. The third-order valence-corrected chi connectivity index (χ3v) is 2.53. The van der Waals surface area contributed by atoms with Gasteiger partial charge in [-0.25, -0.2) is 9.18 Å². The van der Waals surface area contributed by atoms with E-state index in [1.54, 1.807) is 6.92 Å². The molecule has 0 aliphatic carbocycles. The number of benzene rings is 1. The lowest BCUT2D eigenvalue weighted by Gasteiger charge is -2.22. The summed E-state index contributed by atoms with van der Waals surface area (Å²) in [7, 11) is 1.50. The van der Waals surface area contributed by atoms with E-state index in [9.17, 15) is 14.0 Å². The number of nitrogens with zero attached hydrogens (tertiary/aromatic N) is 1. The van der Waals surface area contributed by atoms with E-state index in [1.165, 1.54) is 24.1 Å². The van der Waals surface area contributed by atoms with Crippen molar-refractivity contribution in [3.63, 3.8) is 0 Å². The predicted molar refractivity (Wildman–Crippen MR) is 65.3 cm³/mol. The van der Waals surface area contributed by atoms with Crippen molar-refractivity contribution < 1.29 is 19.1 Å². The molecule has 0 unspecified atom stereocenters. The summed E-state index contributed by atoms with van der Waals surface area (Å²) in [6.45, 7) is 2.25. The molecule has 1 amide bonds. The van der Waals surface area contributed by atoms with Gasteiger partial charge in [0, 0.05) is 13.6 Å². The highest BCUT2D eigenvalue weighted by molar-refractivity contribution is 5.88. The largest absolute Gasteiger partial charge is 0.478 e. The summed E-state index contributed by atoms with van der Waals surface area (Å²) in [6.07, 6.45) is 0. The van der Waals surface area contributed by atoms with E-state index in [4.69, 9.17) is 5.11 Å². The van der Waals surface area contributed by atoms with E-state index in [0.717, 1.165) is 6.07 Å². The smallest absolute Gasteiger partial charge is 0.335 e. The number of likely N-dealkylation sites (N-methyl/N-ethyl adjacent to an activating group) is 2. The Morgan fingerprint density at radius 1 is 1.44 bits per heavy atom. The van der Waals surface area contributed by atoms with Gasteiger partial charge in [-0.3, -0.25) is 4.79 Å². The maximum atomic E-state index is 13.8. The number of hydrogen-bond donors (Lipinski definition) is 2. The lowest BCUT2D eigenvalue weighted by Crippen LogP contribution is -2.36. The van der Waals surface area contributed by atoms with Crippen molar-refractivity contribution in [3.8, 4) is 0 Å². The maximum absolute atomic E-state index is 13.8. The van der Waals surface area contributed by atoms with Crippen LogP contribution in [0.1, 0.15) is 17.3 Å². The fraction of sp³-hybridized carbons (Fsp3) is 0.333. The number of hydrogen-bond acceptors (Lipinski definition) is 3. The molecule has 0 aromatic heterocycles. The second-order valence-corrected chi connectivity index (χ2v) is 3.66. The highest BCUT2D eigenvalue weighted by Crippen LogP contribution is 2.20. The van der Waals surface area contributed by atoms with Gasteiger partial charge in [0.2, 0.25) is 5.91 Å². The molecule has 2 N–H and O–H groups in total. The van der Waals surface area contributed by atoms with E-state index in [2.05, 4.69) is 5.32 Å². The third-order valence-electron chi connectivity index (χ3n) is 2.53. The molecule has 0 fully saturated rings. The van der Waals surface area contributed by atoms with Crippen LogP contribution in [0.5, 0.6) is 0 Å². The molecule has 18 heavy (non-hydrogen) atoms. The van der Waals surface area contributed by atoms with Crippen molar-refractivity contribution >= 4 is 17.6 Å². The lowest BCUT2D eigenvalue weighted by molar-refractivity contribution is -0.119. The molecule has 0 radical (unpaired) electrons. The van der Waals surface area contributed by atoms with E-state index < -0.39 is 11.8 Å². The molecule has 1 aromatic rings. The Bertz CT molecular complexity index is 463. The van der Waals surface area contributed by atoms with Crippen molar-refractivity contribution in [2.24, 2.45) is 0 Å². The van der Waals surface area contributed by atoms with Gasteiger partial charge in [0.15, 0.2) is 0 Å².